The van der Waals surface area contributed by atoms with Crippen molar-refractivity contribution in [2.45, 2.75) is 37.9 Å². The van der Waals surface area contributed by atoms with Gasteiger partial charge in [-0.3, -0.25) is 4.79 Å². The molecule has 0 aliphatic carbocycles. The van der Waals surface area contributed by atoms with Gasteiger partial charge >= 0.3 is 0 Å². The molecule has 2 saturated heterocycles. The lowest BCUT2D eigenvalue weighted by Crippen LogP contribution is -2.51. The average Bonchev–Trinajstić information content (AvgIpc) is 3.39. The molecule has 5 heterocycles. The van der Waals surface area contributed by atoms with Gasteiger partial charge in [-0.1, -0.05) is 29.5 Å². The Morgan fingerprint density at radius 3 is 2.86 bits per heavy atom. The van der Waals surface area contributed by atoms with E-state index >= 15 is 0 Å². The highest BCUT2D eigenvalue weighted by Gasteiger charge is 2.39. The molecule has 3 aliphatic rings. The van der Waals surface area contributed by atoms with Crippen molar-refractivity contribution in [1.29, 1.82) is 0 Å². The Kier molecular flexibility index (Phi) is 3.74. The van der Waals surface area contributed by atoms with E-state index in [1.165, 1.54) is 23.4 Å². The minimum atomic E-state index is -0.0287. The normalized spacial score (nSPS) is 24.0. The summed E-state index contributed by atoms with van der Waals surface area (Å²) in [6.07, 6.45) is 3.32. The smallest absolute Gasteiger partial charge is 0.289 e. The first-order chi connectivity index (χ1) is 13.8. The van der Waals surface area contributed by atoms with E-state index in [1.54, 1.807) is 11.3 Å². The van der Waals surface area contributed by atoms with Crippen molar-refractivity contribution in [3.63, 3.8) is 0 Å². The van der Waals surface area contributed by atoms with Crippen LogP contribution in [0, 0.1) is 0 Å². The minimum absolute atomic E-state index is 0.0287. The summed E-state index contributed by atoms with van der Waals surface area (Å²) in [5.41, 5.74) is 1.93. The van der Waals surface area contributed by atoms with Gasteiger partial charge in [0.05, 0.1) is 12.2 Å². The van der Waals surface area contributed by atoms with Crippen molar-refractivity contribution in [1.82, 2.24) is 15.2 Å². The van der Waals surface area contributed by atoms with E-state index in [0.717, 1.165) is 35.6 Å². The molecule has 6 nitrogen and oxygen atoms in total. The lowest BCUT2D eigenvalue weighted by atomic mass is 10.1. The maximum atomic E-state index is 13.0. The van der Waals surface area contributed by atoms with Gasteiger partial charge in [0.2, 0.25) is 0 Å². The number of fused-ring (bicyclic) bond motifs is 4. The molecule has 0 radical (unpaired) electrons. The zero-order valence-electron chi connectivity index (χ0n) is 15.6. The number of anilines is 1. The Hall–Kier alpha value is -2.38. The summed E-state index contributed by atoms with van der Waals surface area (Å²) >= 11 is 1.77. The largest absolute Gasteiger partial charge is 0.451 e. The third-order valence-electron chi connectivity index (χ3n) is 6.24. The number of nitrogens with zero attached hydrogens (tertiary/aromatic N) is 3. The minimum Gasteiger partial charge on any atom is -0.451 e. The molecule has 1 N–H and O–H groups in total. The molecule has 2 atom stereocenters. The summed E-state index contributed by atoms with van der Waals surface area (Å²) in [4.78, 5) is 23.6. The molecule has 7 heteroatoms. The molecule has 2 bridgehead atoms. The fourth-order valence-electron chi connectivity index (χ4n) is 4.80. The van der Waals surface area contributed by atoms with Crippen LogP contribution in [-0.2, 0) is 13.0 Å². The standard InChI is InChI=1S/C21H22N4O2S/c26-20(18-9-13-3-1-2-4-17(13)27-18)24-8-7-16-19(12-24)28-21(23-16)25-14-5-6-15(25)11-22-10-14/h1-4,9,14-15,22H,5-8,10-12H2. The quantitative estimate of drug-likeness (QED) is 0.724. The van der Waals surface area contributed by atoms with Gasteiger partial charge in [-0.05, 0) is 25.0 Å². The lowest BCUT2D eigenvalue weighted by Gasteiger charge is -2.35. The zero-order chi connectivity index (χ0) is 18.7. The molecule has 0 saturated carbocycles. The number of hydrogen-bond donors (Lipinski definition) is 1. The average molecular weight is 395 g/mol. The van der Waals surface area contributed by atoms with Crippen LogP contribution < -0.4 is 10.2 Å². The molecule has 6 rings (SSSR count). The Bertz CT molecular complexity index is 1010. The van der Waals surface area contributed by atoms with Crippen molar-refractivity contribution >= 4 is 33.3 Å². The lowest BCUT2D eigenvalue weighted by molar-refractivity contribution is 0.0706. The Morgan fingerprint density at radius 1 is 1.21 bits per heavy atom. The first kappa shape index (κ1) is 16.6. The summed E-state index contributed by atoms with van der Waals surface area (Å²) in [6, 6.07) is 10.7. The van der Waals surface area contributed by atoms with Crippen LogP contribution in [0.25, 0.3) is 11.0 Å². The van der Waals surface area contributed by atoms with Gasteiger partial charge in [-0.2, -0.15) is 0 Å². The van der Waals surface area contributed by atoms with Crippen molar-refractivity contribution in [3.05, 3.63) is 46.7 Å². The summed E-state index contributed by atoms with van der Waals surface area (Å²) in [6.45, 7) is 3.43. The van der Waals surface area contributed by atoms with Gasteiger partial charge < -0.3 is 19.5 Å². The Labute approximate surface area is 167 Å². The van der Waals surface area contributed by atoms with Crippen LogP contribution >= 0.6 is 11.3 Å². The number of para-hydroxylation sites is 1. The molecular weight excluding hydrogens is 372 g/mol. The van der Waals surface area contributed by atoms with E-state index < -0.39 is 0 Å². The second-order valence-corrected chi connectivity index (χ2v) is 9.00. The van der Waals surface area contributed by atoms with Gasteiger partial charge in [-0.25, -0.2) is 4.98 Å². The van der Waals surface area contributed by atoms with Crippen LogP contribution in [0.3, 0.4) is 0 Å². The van der Waals surface area contributed by atoms with Gasteiger partial charge in [0.15, 0.2) is 10.9 Å². The molecule has 144 valence electrons. The molecule has 3 aromatic rings. The number of amides is 1. The highest BCUT2D eigenvalue weighted by atomic mass is 32.1. The van der Waals surface area contributed by atoms with Gasteiger partial charge in [0.25, 0.3) is 5.91 Å². The van der Waals surface area contributed by atoms with E-state index in [9.17, 15) is 4.79 Å². The molecule has 2 aromatic heterocycles. The number of thiazole rings is 1. The molecule has 2 fully saturated rings. The highest BCUT2D eigenvalue weighted by Crippen LogP contribution is 2.38. The number of furan rings is 1. The summed E-state index contributed by atoms with van der Waals surface area (Å²) in [7, 11) is 0. The molecule has 2 unspecified atom stereocenters. The number of carbonyl (C=O) groups excluding carboxylic acids is 1. The maximum Gasteiger partial charge on any atom is 0.289 e. The zero-order valence-corrected chi connectivity index (χ0v) is 16.4. The van der Waals surface area contributed by atoms with Crippen LogP contribution in [0.2, 0.25) is 0 Å². The number of hydrogen-bond acceptors (Lipinski definition) is 6. The molecule has 0 spiro atoms. The SMILES string of the molecule is O=C(c1cc2ccccc2o1)N1CCc2nc(N3C4CCC3CNC4)sc2C1. The van der Waals surface area contributed by atoms with E-state index in [0.29, 0.717) is 30.9 Å². The first-order valence-corrected chi connectivity index (χ1v) is 10.8. The van der Waals surface area contributed by atoms with Crippen LogP contribution in [0.1, 0.15) is 34.0 Å². The van der Waals surface area contributed by atoms with Crippen LogP contribution in [-0.4, -0.2) is 47.5 Å². The number of piperazine rings is 1. The van der Waals surface area contributed by atoms with Crippen molar-refractivity contribution < 1.29 is 9.21 Å². The van der Waals surface area contributed by atoms with Crippen LogP contribution in [0.15, 0.2) is 34.7 Å². The summed E-state index contributed by atoms with van der Waals surface area (Å²) in [5, 5.41) is 5.65. The molecular formula is C21H22N4O2S. The van der Waals surface area contributed by atoms with Crippen molar-refractivity contribution in [3.8, 4) is 0 Å². The number of rotatable bonds is 2. The van der Waals surface area contributed by atoms with E-state index in [4.69, 9.17) is 9.40 Å². The summed E-state index contributed by atoms with van der Waals surface area (Å²) < 4.78 is 5.79. The molecule has 1 aromatic carbocycles. The monoisotopic (exact) mass is 394 g/mol. The van der Waals surface area contributed by atoms with Gasteiger partial charge in [0.1, 0.15) is 5.58 Å². The first-order valence-electron chi connectivity index (χ1n) is 10.0. The second kappa shape index (κ2) is 6.32. The summed E-state index contributed by atoms with van der Waals surface area (Å²) in [5.74, 6) is 0.397. The molecule has 3 aliphatic heterocycles. The van der Waals surface area contributed by atoms with E-state index in [1.807, 2.05) is 35.2 Å². The number of carbonyl (C=O) groups is 1. The van der Waals surface area contributed by atoms with E-state index in [2.05, 4.69) is 10.2 Å². The predicted molar refractivity (Wildman–Crippen MR) is 109 cm³/mol. The highest BCUT2D eigenvalue weighted by molar-refractivity contribution is 7.15. The molecule has 28 heavy (non-hydrogen) atoms. The Morgan fingerprint density at radius 2 is 2.04 bits per heavy atom. The fraction of sp³-hybridized carbons (Fsp3) is 0.429. The third kappa shape index (κ3) is 2.57. The van der Waals surface area contributed by atoms with Gasteiger partial charge in [0, 0.05) is 48.4 Å². The Balaban J connectivity index is 1.25. The maximum absolute atomic E-state index is 13.0. The van der Waals surface area contributed by atoms with Crippen molar-refractivity contribution in [2.24, 2.45) is 0 Å². The van der Waals surface area contributed by atoms with Crippen LogP contribution in [0.5, 0.6) is 0 Å². The predicted octanol–water partition coefficient (Wildman–Crippen LogP) is 3.03. The topological polar surface area (TPSA) is 61.6 Å². The third-order valence-corrected chi connectivity index (χ3v) is 7.34. The van der Waals surface area contributed by atoms with E-state index in [-0.39, 0.29) is 5.91 Å². The number of aromatic nitrogens is 1. The number of nitrogens with one attached hydrogen (secondary N) is 1. The van der Waals surface area contributed by atoms with Crippen molar-refractivity contribution in [2.75, 3.05) is 24.5 Å². The fourth-order valence-corrected chi connectivity index (χ4v) is 6.07. The number of benzene rings is 1. The van der Waals surface area contributed by atoms with Gasteiger partial charge in [-0.15, -0.1) is 0 Å². The van der Waals surface area contributed by atoms with Crippen LogP contribution in [0.4, 0.5) is 5.13 Å². The second-order valence-electron chi connectivity index (χ2n) is 7.94. The molecule has 1 amide bonds.